The molecular formula is C20H21N3O2S. The van der Waals surface area contributed by atoms with Crippen LogP contribution in [0.15, 0.2) is 35.5 Å². The number of oxime groups is 1. The minimum atomic E-state index is -0.303. The van der Waals surface area contributed by atoms with Crippen LogP contribution >= 0.6 is 11.3 Å². The van der Waals surface area contributed by atoms with E-state index in [4.69, 9.17) is 4.84 Å². The lowest BCUT2D eigenvalue weighted by Crippen LogP contribution is -2.17. The monoisotopic (exact) mass is 367 g/mol. The maximum Gasteiger partial charge on any atom is 0.265 e. The molecule has 6 heteroatoms. The third-order valence-corrected chi connectivity index (χ3v) is 5.58. The smallest absolute Gasteiger partial charge is 0.265 e. The van der Waals surface area contributed by atoms with E-state index in [-0.39, 0.29) is 12.5 Å². The molecule has 1 amide bonds. The van der Waals surface area contributed by atoms with E-state index in [2.05, 4.69) is 16.5 Å². The number of hydrogen-bond donors (Lipinski definition) is 1. The molecule has 1 heterocycles. The van der Waals surface area contributed by atoms with Crippen molar-refractivity contribution in [2.24, 2.45) is 5.16 Å². The van der Waals surface area contributed by atoms with Gasteiger partial charge in [0.25, 0.3) is 5.91 Å². The second kappa shape index (κ2) is 8.63. The van der Waals surface area contributed by atoms with E-state index in [1.807, 2.05) is 37.3 Å². The fraction of sp³-hybridized carbons (Fsp3) is 0.350. The van der Waals surface area contributed by atoms with Crippen molar-refractivity contribution < 1.29 is 9.63 Å². The highest BCUT2D eigenvalue weighted by atomic mass is 32.1. The predicted octanol–water partition coefficient (Wildman–Crippen LogP) is 4.27. The van der Waals surface area contributed by atoms with Crippen LogP contribution < -0.4 is 5.32 Å². The highest BCUT2D eigenvalue weighted by Gasteiger charge is 2.21. The van der Waals surface area contributed by atoms with Gasteiger partial charge in [0, 0.05) is 4.88 Å². The third kappa shape index (κ3) is 4.30. The molecule has 0 radical (unpaired) electrons. The Morgan fingerprint density at radius 1 is 1.27 bits per heavy atom. The Balaban J connectivity index is 1.61. The largest absolute Gasteiger partial charge is 0.385 e. The molecule has 0 saturated carbocycles. The Hall–Kier alpha value is -2.65. The number of fused-ring (bicyclic) bond motifs is 1. The zero-order chi connectivity index (χ0) is 18.4. The fourth-order valence-electron chi connectivity index (χ4n) is 3.03. The van der Waals surface area contributed by atoms with E-state index in [1.165, 1.54) is 22.6 Å². The van der Waals surface area contributed by atoms with Crippen LogP contribution in [0, 0.1) is 11.3 Å². The van der Waals surface area contributed by atoms with Crippen molar-refractivity contribution in [3.8, 4) is 6.07 Å². The Labute approximate surface area is 157 Å². The first-order valence-electron chi connectivity index (χ1n) is 8.75. The third-order valence-electron chi connectivity index (χ3n) is 4.37. The van der Waals surface area contributed by atoms with Crippen LogP contribution in [-0.4, -0.2) is 18.2 Å². The summed E-state index contributed by atoms with van der Waals surface area (Å²) >= 11 is 1.52. The maximum absolute atomic E-state index is 12.2. The van der Waals surface area contributed by atoms with Crippen LogP contribution in [-0.2, 0) is 22.5 Å². The summed E-state index contributed by atoms with van der Waals surface area (Å²) in [5.74, 6) is -0.303. The molecule has 1 N–H and O–H groups in total. The number of carbonyl (C=O) groups excluding carboxylic acids is 1. The summed E-state index contributed by atoms with van der Waals surface area (Å²) in [7, 11) is 0. The predicted molar refractivity (Wildman–Crippen MR) is 104 cm³/mol. The normalized spacial score (nSPS) is 14.1. The number of benzene rings is 1. The van der Waals surface area contributed by atoms with Gasteiger partial charge in [-0.3, -0.25) is 4.79 Å². The molecule has 3 rings (SSSR count). The quantitative estimate of drug-likeness (QED) is 0.487. The highest BCUT2D eigenvalue weighted by molar-refractivity contribution is 7.16. The average Bonchev–Trinajstić information content (AvgIpc) is 2.81. The Morgan fingerprint density at radius 3 is 2.81 bits per heavy atom. The van der Waals surface area contributed by atoms with Crippen molar-refractivity contribution in [3.05, 3.63) is 51.9 Å². The zero-order valence-corrected chi connectivity index (χ0v) is 15.6. The first kappa shape index (κ1) is 18.2. The molecule has 1 aliphatic carbocycles. The van der Waals surface area contributed by atoms with Gasteiger partial charge >= 0.3 is 0 Å². The topological polar surface area (TPSA) is 74.5 Å². The van der Waals surface area contributed by atoms with Gasteiger partial charge < -0.3 is 10.2 Å². The van der Waals surface area contributed by atoms with Gasteiger partial charge in [-0.25, -0.2) is 0 Å². The van der Waals surface area contributed by atoms with Crippen molar-refractivity contribution in [1.29, 1.82) is 5.26 Å². The van der Waals surface area contributed by atoms with Crippen LogP contribution in [0.5, 0.6) is 0 Å². The number of nitrogens with zero attached hydrogens (tertiary/aromatic N) is 2. The number of amides is 1. The molecule has 0 fully saturated rings. The number of thiophene rings is 1. The zero-order valence-electron chi connectivity index (χ0n) is 14.7. The molecule has 1 aromatic carbocycles. The average molecular weight is 367 g/mol. The van der Waals surface area contributed by atoms with Gasteiger partial charge in [-0.05, 0) is 43.7 Å². The molecule has 1 aliphatic rings. The fourth-order valence-corrected chi connectivity index (χ4v) is 4.29. The lowest BCUT2D eigenvalue weighted by Gasteiger charge is -2.04. The van der Waals surface area contributed by atoms with Crippen molar-refractivity contribution >= 4 is 28.0 Å². The summed E-state index contributed by atoms with van der Waals surface area (Å²) in [5.41, 5.74) is 3.38. The maximum atomic E-state index is 12.2. The van der Waals surface area contributed by atoms with Crippen LogP contribution in [0.3, 0.4) is 0 Å². The number of nitriles is 1. The van der Waals surface area contributed by atoms with Gasteiger partial charge in [-0.1, -0.05) is 41.9 Å². The van der Waals surface area contributed by atoms with Crippen LogP contribution in [0.2, 0.25) is 0 Å². The van der Waals surface area contributed by atoms with E-state index < -0.39 is 0 Å². The SMILES string of the molecule is C/C(=N/OCC(=O)Nc1sc2c(c1C#N)CCCCC2)c1ccccc1. The van der Waals surface area contributed by atoms with E-state index in [0.717, 1.165) is 36.8 Å². The number of nitrogens with one attached hydrogen (secondary N) is 1. The lowest BCUT2D eigenvalue weighted by atomic mass is 10.1. The van der Waals surface area contributed by atoms with Gasteiger partial charge in [0.1, 0.15) is 11.1 Å². The van der Waals surface area contributed by atoms with Crippen LogP contribution in [0.25, 0.3) is 0 Å². The lowest BCUT2D eigenvalue weighted by molar-refractivity contribution is -0.120. The molecule has 0 aliphatic heterocycles. The van der Waals surface area contributed by atoms with Crippen molar-refractivity contribution in [2.45, 2.75) is 39.0 Å². The molecule has 1 aromatic heterocycles. The Kier molecular flexibility index (Phi) is 6.03. The molecule has 2 aromatic rings. The summed E-state index contributed by atoms with van der Waals surface area (Å²) in [6.07, 6.45) is 5.34. The summed E-state index contributed by atoms with van der Waals surface area (Å²) in [6.45, 7) is 1.65. The van der Waals surface area contributed by atoms with Crippen molar-refractivity contribution in [1.82, 2.24) is 0 Å². The molecule has 0 atom stereocenters. The van der Waals surface area contributed by atoms with E-state index in [9.17, 15) is 10.1 Å². The van der Waals surface area contributed by atoms with Crippen molar-refractivity contribution in [2.75, 3.05) is 11.9 Å². The van der Waals surface area contributed by atoms with Gasteiger partial charge in [-0.2, -0.15) is 5.26 Å². The van der Waals surface area contributed by atoms with Crippen LogP contribution in [0.1, 0.15) is 47.8 Å². The van der Waals surface area contributed by atoms with Gasteiger partial charge in [-0.15, -0.1) is 11.3 Å². The second-order valence-corrected chi connectivity index (χ2v) is 7.35. The van der Waals surface area contributed by atoms with E-state index in [0.29, 0.717) is 16.3 Å². The standard InChI is InChI=1S/C20H21N3O2S/c1-14(15-8-4-2-5-9-15)23-25-13-19(24)22-20-17(12-21)16-10-6-3-7-11-18(16)26-20/h2,4-5,8-9H,3,6-7,10-11,13H2,1H3,(H,22,24)/b23-14-. The van der Waals surface area contributed by atoms with E-state index in [1.54, 1.807) is 0 Å². The second-order valence-electron chi connectivity index (χ2n) is 6.24. The summed E-state index contributed by atoms with van der Waals surface area (Å²) in [5, 5.41) is 16.9. The van der Waals surface area contributed by atoms with E-state index >= 15 is 0 Å². The number of aryl methyl sites for hydroxylation is 1. The molecule has 134 valence electrons. The van der Waals surface area contributed by atoms with Gasteiger partial charge in [0.2, 0.25) is 0 Å². The molecule has 5 nitrogen and oxygen atoms in total. The van der Waals surface area contributed by atoms with Gasteiger partial charge in [0.05, 0.1) is 11.3 Å². The molecular weight excluding hydrogens is 346 g/mol. The summed E-state index contributed by atoms with van der Waals surface area (Å²) in [4.78, 5) is 18.6. The minimum Gasteiger partial charge on any atom is -0.385 e. The molecule has 0 spiro atoms. The number of carbonyl (C=O) groups is 1. The number of rotatable bonds is 5. The Morgan fingerprint density at radius 2 is 2.04 bits per heavy atom. The van der Waals surface area contributed by atoms with Crippen LogP contribution in [0.4, 0.5) is 5.00 Å². The number of hydrogen-bond acceptors (Lipinski definition) is 5. The first-order chi connectivity index (χ1) is 12.7. The van der Waals surface area contributed by atoms with Gasteiger partial charge in [0.15, 0.2) is 6.61 Å². The van der Waals surface area contributed by atoms with Crippen molar-refractivity contribution in [3.63, 3.8) is 0 Å². The minimum absolute atomic E-state index is 0.183. The molecule has 26 heavy (non-hydrogen) atoms. The highest BCUT2D eigenvalue weighted by Crippen LogP contribution is 2.36. The molecule has 0 bridgehead atoms. The summed E-state index contributed by atoms with van der Waals surface area (Å²) < 4.78 is 0. The molecule has 0 unspecified atom stereocenters. The summed E-state index contributed by atoms with van der Waals surface area (Å²) in [6, 6.07) is 11.9. The first-order valence-corrected chi connectivity index (χ1v) is 9.57. The molecule has 0 saturated heterocycles. The Bertz CT molecular complexity index is 850. The number of anilines is 1.